The van der Waals surface area contributed by atoms with Gasteiger partial charge in [0.05, 0.1) is 5.75 Å². The summed E-state index contributed by atoms with van der Waals surface area (Å²) in [6, 6.07) is 13.7. The molecule has 0 saturated carbocycles. The van der Waals surface area contributed by atoms with Gasteiger partial charge < -0.3 is 5.11 Å². The smallest absolute Gasteiger partial charge is 0.313 e. The third-order valence-corrected chi connectivity index (χ3v) is 5.68. The number of rotatable bonds is 5. The summed E-state index contributed by atoms with van der Waals surface area (Å²) in [5.74, 6) is -0.260. The van der Waals surface area contributed by atoms with Crippen molar-refractivity contribution in [3.63, 3.8) is 0 Å². The van der Waals surface area contributed by atoms with Gasteiger partial charge in [-0.05, 0) is 24.6 Å². The van der Waals surface area contributed by atoms with Gasteiger partial charge in [-0.2, -0.15) is 9.61 Å². The number of hydrogen-bond donors (Lipinski definition) is 1. The fourth-order valence-corrected chi connectivity index (χ4v) is 4.17. The van der Waals surface area contributed by atoms with Crippen LogP contribution in [0.2, 0.25) is 0 Å². The number of benzene rings is 1. The molecule has 4 rings (SSSR count). The number of thioether (sulfide) groups is 1. The Morgan fingerprint density at radius 1 is 1.19 bits per heavy atom. The Hall–Kier alpha value is -2.71. The molecule has 130 valence electrons. The Morgan fingerprint density at radius 3 is 2.77 bits per heavy atom. The van der Waals surface area contributed by atoms with E-state index in [0.717, 1.165) is 16.7 Å². The van der Waals surface area contributed by atoms with Gasteiger partial charge >= 0.3 is 5.97 Å². The summed E-state index contributed by atoms with van der Waals surface area (Å²) in [7, 11) is 0. The fraction of sp³-hybridized carbons (Fsp3) is 0.111. The van der Waals surface area contributed by atoms with Gasteiger partial charge in [0.1, 0.15) is 5.03 Å². The molecule has 26 heavy (non-hydrogen) atoms. The van der Waals surface area contributed by atoms with Crippen molar-refractivity contribution in [2.24, 2.45) is 0 Å². The Balaban J connectivity index is 1.83. The summed E-state index contributed by atoms with van der Waals surface area (Å²) in [6.07, 6.45) is 0. The topological polar surface area (TPSA) is 80.4 Å². The minimum atomic E-state index is -0.874. The second-order valence-electron chi connectivity index (χ2n) is 5.59. The molecule has 6 nitrogen and oxygen atoms in total. The molecule has 0 unspecified atom stereocenters. The average molecular weight is 382 g/mol. The number of aromatic nitrogens is 4. The van der Waals surface area contributed by atoms with Crippen LogP contribution in [-0.4, -0.2) is 36.6 Å². The van der Waals surface area contributed by atoms with E-state index in [2.05, 4.69) is 39.7 Å². The zero-order chi connectivity index (χ0) is 18.1. The molecule has 0 amide bonds. The number of nitrogens with zero attached hydrogens (tertiary/aromatic N) is 4. The monoisotopic (exact) mass is 382 g/mol. The molecule has 0 spiro atoms. The molecule has 0 bridgehead atoms. The zero-order valence-electron chi connectivity index (χ0n) is 13.8. The predicted octanol–water partition coefficient (Wildman–Crippen LogP) is 4.00. The lowest BCUT2D eigenvalue weighted by Gasteiger charge is -2.05. The molecule has 1 aromatic carbocycles. The van der Waals surface area contributed by atoms with Gasteiger partial charge in [-0.3, -0.25) is 4.79 Å². The Labute approximate surface area is 157 Å². The fourth-order valence-electron chi connectivity index (χ4n) is 2.74. The number of carboxylic acid groups (broad SMARTS) is 1. The third-order valence-electron chi connectivity index (χ3n) is 3.86. The highest BCUT2D eigenvalue weighted by Gasteiger charge is 2.18. The van der Waals surface area contributed by atoms with Crippen LogP contribution in [0, 0.1) is 6.92 Å². The van der Waals surface area contributed by atoms with Crippen molar-refractivity contribution >= 4 is 34.7 Å². The molecule has 4 aromatic rings. The van der Waals surface area contributed by atoms with E-state index in [-0.39, 0.29) is 5.75 Å². The number of aliphatic carboxylic acids is 1. The van der Waals surface area contributed by atoms with E-state index in [1.54, 1.807) is 28.0 Å². The summed E-state index contributed by atoms with van der Waals surface area (Å²) in [4.78, 5) is 12.0. The van der Waals surface area contributed by atoms with E-state index >= 15 is 0 Å². The first-order valence-electron chi connectivity index (χ1n) is 7.84. The van der Waals surface area contributed by atoms with Gasteiger partial charge in [0.2, 0.25) is 0 Å². The average Bonchev–Trinajstić information content (AvgIpc) is 3.23. The summed E-state index contributed by atoms with van der Waals surface area (Å²) in [5, 5.41) is 24.6. The van der Waals surface area contributed by atoms with Crippen molar-refractivity contribution in [3.8, 4) is 22.5 Å². The first kappa shape index (κ1) is 16.7. The number of carbonyl (C=O) groups is 1. The number of hydrogen-bond acceptors (Lipinski definition) is 6. The third kappa shape index (κ3) is 3.09. The summed E-state index contributed by atoms with van der Waals surface area (Å²) < 4.78 is 1.68. The molecule has 0 radical (unpaired) electrons. The molecule has 0 aliphatic rings. The highest BCUT2D eigenvalue weighted by atomic mass is 32.2. The quantitative estimate of drug-likeness (QED) is 0.526. The molecule has 1 N–H and O–H groups in total. The van der Waals surface area contributed by atoms with E-state index in [0.29, 0.717) is 16.5 Å². The number of fused-ring (bicyclic) bond motifs is 1. The SMILES string of the molecule is Cc1scc(-c2nnc3ccc(SCC(=O)O)nn23)c1-c1ccccc1. The van der Waals surface area contributed by atoms with Crippen molar-refractivity contribution in [3.05, 3.63) is 52.7 Å². The van der Waals surface area contributed by atoms with Gasteiger partial charge in [-0.25, -0.2) is 0 Å². The zero-order valence-corrected chi connectivity index (χ0v) is 15.4. The molecular formula is C18H14N4O2S2. The van der Waals surface area contributed by atoms with Crippen LogP contribution in [0.3, 0.4) is 0 Å². The molecular weight excluding hydrogens is 368 g/mol. The molecule has 0 aliphatic heterocycles. The van der Waals surface area contributed by atoms with Crippen molar-refractivity contribution in [1.82, 2.24) is 19.8 Å². The summed E-state index contributed by atoms with van der Waals surface area (Å²) in [6.45, 7) is 2.08. The molecule has 0 aliphatic carbocycles. The van der Waals surface area contributed by atoms with Crippen molar-refractivity contribution in [1.29, 1.82) is 0 Å². The summed E-state index contributed by atoms with van der Waals surface area (Å²) in [5.41, 5.74) is 3.84. The largest absolute Gasteiger partial charge is 0.481 e. The first-order chi connectivity index (χ1) is 12.6. The Kier molecular flexibility index (Phi) is 4.44. The van der Waals surface area contributed by atoms with Crippen LogP contribution in [0.1, 0.15) is 4.88 Å². The lowest BCUT2D eigenvalue weighted by molar-refractivity contribution is -0.133. The van der Waals surface area contributed by atoms with E-state index in [9.17, 15) is 4.79 Å². The standard InChI is InChI=1S/C18H14N4O2S2/c1-11-17(12-5-3-2-4-6-12)13(9-25-11)18-20-19-14-7-8-15(21-22(14)18)26-10-16(23)24/h2-9H,10H2,1H3,(H,23,24). The van der Waals surface area contributed by atoms with Crippen molar-refractivity contribution in [2.75, 3.05) is 5.75 Å². The molecule has 0 fully saturated rings. The molecule has 3 heterocycles. The normalized spacial score (nSPS) is 11.1. The predicted molar refractivity (Wildman–Crippen MR) is 103 cm³/mol. The number of thiophene rings is 1. The maximum Gasteiger partial charge on any atom is 0.313 e. The number of aryl methyl sites for hydroxylation is 1. The molecule has 8 heteroatoms. The van der Waals surface area contributed by atoms with Gasteiger partial charge in [-0.1, -0.05) is 42.1 Å². The van der Waals surface area contributed by atoms with Crippen LogP contribution < -0.4 is 0 Å². The minimum absolute atomic E-state index is 0.0389. The minimum Gasteiger partial charge on any atom is -0.481 e. The molecule has 0 atom stereocenters. The summed E-state index contributed by atoms with van der Waals surface area (Å²) >= 11 is 2.83. The number of carboxylic acids is 1. The highest BCUT2D eigenvalue weighted by Crippen LogP contribution is 2.38. The van der Waals surface area contributed by atoms with Gasteiger partial charge in [-0.15, -0.1) is 21.5 Å². The van der Waals surface area contributed by atoms with Crippen molar-refractivity contribution < 1.29 is 9.90 Å². The first-order valence-corrected chi connectivity index (χ1v) is 9.71. The van der Waals surface area contributed by atoms with Crippen LogP contribution in [0.4, 0.5) is 0 Å². The van der Waals surface area contributed by atoms with Crippen LogP contribution in [0.15, 0.2) is 52.9 Å². The van der Waals surface area contributed by atoms with Crippen LogP contribution in [0.25, 0.3) is 28.2 Å². The van der Waals surface area contributed by atoms with E-state index in [4.69, 9.17) is 5.11 Å². The molecule has 0 saturated heterocycles. The van der Waals surface area contributed by atoms with Gasteiger partial charge in [0, 0.05) is 21.4 Å². The van der Waals surface area contributed by atoms with Crippen LogP contribution in [-0.2, 0) is 4.79 Å². The van der Waals surface area contributed by atoms with E-state index in [1.807, 2.05) is 18.2 Å². The Morgan fingerprint density at radius 2 is 2.00 bits per heavy atom. The lowest BCUT2D eigenvalue weighted by Crippen LogP contribution is -2.01. The van der Waals surface area contributed by atoms with E-state index < -0.39 is 5.97 Å². The second kappa shape index (κ2) is 6.89. The van der Waals surface area contributed by atoms with Gasteiger partial charge in [0.25, 0.3) is 0 Å². The van der Waals surface area contributed by atoms with E-state index in [1.165, 1.54) is 16.6 Å². The maximum atomic E-state index is 10.8. The maximum absolute atomic E-state index is 10.8. The Bertz CT molecular complexity index is 1090. The highest BCUT2D eigenvalue weighted by molar-refractivity contribution is 7.99. The van der Waals surface area contributed by atoms with Crippen molar-refractivity contribution in [2.45, 2.75) is 11.9 Å². The lowest BCUT2D eigenvalue weighted by atomic mass is 10.0. The molecule has 3 aromatic heterocycles. The van der Waals surface area contributed by atoms with Gasteiger partial charge in [0.15, 0.2) is 11.5 Å². The van der Waals surface area contributed by atoms with Crippen LogP contribution in [0.5, 0.6) is 0 Å². The van der Waals surface area contributed by atoms with Crippen LogP contribution >= 0.6 is 23.1 Å². The second-order valence-corrected chi connectivity index (χ2v) is 7.67.